The van der Waals surface area contributed by atoms with Crippen molar-refractivity contribution in [2.45, 2.75) is 52.1 Å². The van der Waals surface area contributed by atoms with Gasteiger partial charge in [-0.1, -0.05) is 12.1 Å². The van der Waals surface area contributed by atoms with Crippen molar-refractivity contribution in [2.75, 3.05) is 32.7 Å². The quantitative estimate of drug-likeness (QED) is 0.766. The molecule has 0 aromatic heterocycles. The molecule has 1 N–H and O–H groups in total. The molecule has 1 aliphatic rings. The number of alkyl carbamates (subject to hydrolysis) is 1. The van der Waals surface area contributed by atoms with Crippen LogP contribution in [0.2, 0.25) is 0 Å². The highest BCUT2D eigenvalue weighted by molar-refractivity contribution is 5.78. The van der Waals surface area contributed by atoms with Crippen LogP contribution in [0.3, 0.4) is 0 Å². The summed E-state index contributed by atoms with van der Waals surface area (Å²) >= 11 is 0. The molecule has 0 saturated carbocycles. The van der Waals surface area contributed by atoms with Crippen LogP contribution in [0.25, 0.3) is 0 Å². The SMILES string of the molecule is CC(C)(C)OC(=O)NCCC(=O)N1CCCN(C(=O)CCc2ccc(F)cc2)CC1. The lowest BCUT2D eigenvalue weighted by Crippen LogP contribution is -2.39. The third kappa shape index (κ3) is 8.39. The summed E-state index contributed by atoms with van der Waals surface area (Å²) in [4.78, 5) is 40.1. The molecule has 0 radical (unpaired) electrons. The molecule has 1 heterocycles. The first-order valence-electron chi connectivity index (χ1n) is 10.4. The van der Waals surface area contributed by atoms with E-state index in [9.17, 15) is 18.8 Å². The molecule has 166 valence electrons. The molecular weight excluding hydrogens is 389 g/mol. The van der Waals surface area contributed by atoms with Gasteiger partial charge in [0.2, 0.25) is 11.8 Å². The first-order valence-corrected chi connectivity index (χ1v) is 10.4. The fourth-order valence-corrected chi connectivity index (χ4v) is 3.22. The minimum Gasteiger partial charge on any atom is -0.444 e. The van der Waals surface area contributed by atoms with Crippen LogP contribution in [0.15, 0.2) is 24.3 Å². The van der Waals surface area contributed by atoms with Crippen molar-refractivity contribution in [3.8, 4) is 0 Å². The van der Waals surface area contributed by atoms with E-state index in [1.165, 1.54) is 12.1 Å². The van der Waals surface area contributed by atoms with Crippen LogP contribution in [0.5, 0.6) is 0 Å². The summed E-state index contributed by atoms with van der Waals surface area (Å²) in [5.74, 6) is -0.296. The summed E-state index contributed by atoms with van der Waals surface area (Å²) < 4.78 is 18.1. The molecule has 1 aromatic carbocycles. The Morgan fingerprint density at radius 1 is 0.967 bits per heavy atom. The van der Waals surface area contributed by atoms with Gasteiger partial charge in [-0.3, -0.25) is 9.59 Å². The number of hydrogen-bond acceptors (Lipinski definition) is 4. The average Bonchev–Trinajstić information content (AvgIpc) is 2.92. The van der Waals surface area contributed by atoms with Gasteiger partial charge in [-0.15, -0.1) is 0 Å². The maximum absolute atomic E-state index is 13.0. The lowest BCUT2D eigenvalue weighted by atomic mass is 10.1. The van der Waals surface area contributed by atoms with E-state index in [0.717, 1.165) is 5.56 Å². The largest absolute Gasteiger partial charge is 0.444 e. The third-order valence-electron chi connectivity index (χ3n) is 4.75. The van der Waals surface area contributed by atoms with Crippen molar-refractivity contribution in [3.05, 3.63) is 35.6 Å². The Hall–Kier alpha value is -2.64. The minimum atomic E-state index is -0.578. The number of halogens is 1. The summed E-state index contributed by atoms with van der Waals surface area (Å²) in [6, 6.07) is 6.17. The Kier molecular flexibility index (Phi) is 8.62. The van der Waals surface area contributed by atoms with E-state index >= 15 is 0 Å². The smallest absolute Gasteiger partial charge is 0.407 e. The average molecular weight is 422 g/mol. The Bertz CT molecular complexity index is 731. The zero-order valence-electron chi connectivity index (χ0n) is 18.1. The van der Waals surface area contributed by atoms with E-state index in [0.29, 0.717) is 45.4 Å². The first kappa shape index (κ1) is 23.6. The van der Waals surface area contributed by atoms with Crippen molar-refractivity contribution >= 4 is 17.9 Å². The van der Waals surface area contributed by atoms with Gasteiger partial charge < -0.3 is 19.9 Å². The Morgan fingerprint density at radius 3 is 2.10 bits per heavy atom. The van der Waals surface area contributed by atoms with Gasteiger partial charge in [-0.05, 0) is 51.3 Å². The van der Waals surface area contributed by atoms with Crippen LogP contribution < -0.4 is 5.32 Å². The lowest BCUT2D eigenvalue weighted by molar-refractivity contribution is -0.133. The van der Waals surface area contributed by atoms with E-state index in [2.05, 4.69) is 5.32 Å². The number of nitrogens with one attached hydrogen (secondary N) is 1. The molecule has 3 amide bonds. The maximum Gasteiger partial charge on any atom is 0.407 e. The van der Waals surface area contributed by atoms with Crippen LogP contribution in [0, 0.1) is 5.82 Å². The Morgan fingerprint density at radius 2 is 1.53 bits per heavy atom. The lowest BCUT2D eigenvalue weighted by Gasteiger charge is -2.23. The van der Waals surface area contributed by atoms with Gasteiger partial charge in [0.1, 0.15) is 11.4 Å². The highest BCUT2D eigenvalue weighted by Crippen LogP contribution is 2.10. The molecule has 1 aliphatic heterocycles. The predicted molar refractivity (Wildman–Crippen MR) is 111 cm³/mol. The molecule has 30 heavy (non-hydrogen) atoms. The van der Waals surface area contributed by atoms with Gasteiger partial charge in [0.15, 0.2) is 0 Å². The Labute approximate surface area is 177 Å². The molecule has 2 rings (SSSR count). The van der Waals surface area contributed by atoms with Gasteiger partial charge in [0.25, 0.3) is 0 Å². The summed E-state index contributed by atoms with van der Waals surface area (Å²) in [6.45, 7) is 7.73. The van der Waals surface area contributed by atoms with E-state index in [-0.39, 0.29) is 30.6 Å². The Balaban J connectivity index is 1.71. The normalized spacial score (nSPS) is 14.8. The highest BCUT2D eigenvalue weighted by atomic mass is 19.1. The van der Waals surface area contributed by atoms with Gasteiger partial charge >= 0.3 is 6.09 Å². The highest BCUT2D eigenvalue weighted by Gasteiger charge is 2.22. The zero-order chi connectivity index (χ0) is 22.1. The number of rotatable bonds is 6. The van der Waals surface area contributed by atoms with Crippen LogP contribution >= 0.6 is 0 Å². The second-order valence-electron chi connectivity index (χ2n) is 8.42. The van der Waals surface area contributed by atoms with Crippen molar-refractivity contribution in [3.63, 3.8) is 0 Å². The standard InChI is InChI=1S/C22H32FN3O4/c1-22(2,3)30-21(29)24-12-11-20(28)26-14-4-13-25(15-16-26)19(27)10-7-17-5-8-18(23)9-6-17/h5-6,8-9H,4,7,10-16H2,1-3H3,(H,24,29). The molecule has 1 fully saturated rings. The fourth-order valence-electron chi connectivity index (χ4n) is 3.22. The van der Waals surface area contributed by atoms with E-state index in [1.807, 2.05) is 0 Å². The van der Waals surface area contributed by atoms with Gasteiger partial charge in [0, 0.05) is 45.6 Å². The maximum atomic E-state index is 13.0. The number of carbonyl (C=O) groups is 3. The molecule has 7 nitrogen and oxygen atoms in total. The van der Waals surface area contributed by atoms with Crippen LogP contribution in [-0.2, 0) is 20.7 Å². The fraction of sp³-hybridized carbons (Fsp3) is 0.591. The summed E-state index contributed by atoms with van der Waals surface area (Å²) in [5.41, 5.74) is 0.347. The number of benzene rings is 1. The van der Waals surface area contributed by atoms with Crippen molar-refractivity contribution in [1.82, 2.24) is 15.1 Å². The number of carbonyl (C=O) groups excluding carboxylic acids is 3. The molecule has 0 bridgehead atoms. The van der Waals surface area contributed by atoms with Gasteiger partial charge in [-0.25, -0.2) is 9.18 Å². The predicted octanol–water partition coefficient (Wildman–Crippen LogP) is 2.73. The van der Waals surface area contributed by atoms with E-state index < -0.39 is 11.7 Å². The second-order valence-corrected chi connectivity index (χ2v) is 8.42. The zero-order valence-corrected chi connectivity index (χ0v) is 18.1. The molecule has 1 saturated heterocycles. The summed E-state index contributed by atoms with van der Waals surface area (Å²) in [7, 11) is 0. The monoisotopic (exact) mass is 421 g/mol. The van der Waals surface area contributed by atoms with E-state index in [4.69, 9.17) is 4.74 Å². The van der Waals surface area contributed by atoms with Gasteiger partial charge in [-0.2, -0.15) is 0 Å². The number of ether oxygens (including phenoxy) is 1. The van der Waals surface area contributed by atoms with Crippen LogP contribution in [0.4, 0.5) is 9.18 Å². The van der Waals surface area contributed by atoms with Crippen molar-refractivity contribution < 1.29 is 23.5 Å². The number of hydrogen-bond donors (Lipinski definition) is 1. The molecule has 0 spiro atoms. The molecule has 1 aromatic rings. The molecule has 0 unspecified atom stereocenters. The van der Waals surface area contributed by atoms with Crippen LogP contribution in [0.1, 0.15) is 45.6 Å². The minimum absolute atomic E-state index is 0.0419. The number of aryl methyl sites for hydroxylation is 1. The second kappa shape index (κ2) is 10.9. The number of nitrogens with zero attached hydrogens (tertiary/aromatic N) is 2. The summed E-state index contributed by atoms with van der Waals surface area (Å²) in [6.07, 6.45) is 1.29. The van der Waals surface area contributed by atoms with Gasteiger partial charge in [0.05, 0.1) is 0 Å². The molecule has 0 atom stereocenters. The topological polar surface area (TPSA) is 79.0 Å². The summed E-state index contributed by atoms with van der Waals surface area (Å²) in [5, 5.41) is 2.59. The van der Waals surface area contributed by atoms with E-state index in [1.54, 1.807) is 42.7 Å². The third-order valence-corrected chi connectivity index (χ3v) is 4.75. The van der Waals surface area contributed by atoms with Crippen molar-refractivity contribution in [1.29, 1.82) is 0 Å². The molecule has 0 aliphatic carbocycles. The first-order chi connectivity index (χ1) is 14.1. The van der Waals surface area contributed by atoms with Crippen molar-refractivity contribution in [2.24, 2.45) is 0 Å². The molecule has 8 heteroatoms. The molecular formula is C22H32FN3O4. The van der Waals surface area contributed by atoms with Crippen LogP contribution in [-0.4, -0.2) is 66.0 Å². The number of amides is 3.